The van der Waals surface area contributed by atoms with Crippen LogP contribution in [-0.4, -0.2) is 41.3 Å². The summed E-state index contributed by atoms with van der Waals surface area (Å²) in [4.78, 5) is 0. The van der Waals surface area contributed by atoms with Crippen molar-refractivity contribution in [2.75, 3.05) is 21.3 Å². The van der Waals surface area contributed by atoms with E-state index in [1.165, 1.54) is 0 Å². The van der Waals surface area contributed by atoms with Crippen molar-refractivity contribution in [3.8, 4) is 11.5 Å². The molecule has 0 aliphatic rings. The summed E-state index contributed by atoms with van der Waals surface area (Å²) in [5.74, 6) is 1.43. The second-order valence-electron chi connectivity index (χ2n) is 7.26. The fourth-order valence-electron chi connectivity index (χ4n) is 2.24. The lowest BCUT2D eigenvalue weighted by atomic mass is 10.1. The highest BCUT2D eigenvalue weighted by Gasteiger charge is 2.44. The van der Waals surface area contributed by atoms with Crippen LogP contribution in [0.2, 0.25) is 0 Å². The molecular weight excluding hydrogens is 336 g/mol. The van der Waals surface area contributed by atoms with Crippen molar-refractivity contribution in [1.82, 2.24) is 0 Å². The van der Waals surface area contributed by atoms with Crippen molar-refractivity contribution in [3.05, 3.63) is 18.2 Å². The molecule has 6 heteroatoms. The average molecular weight is 371 g/mol. The number of benzene rings is 1. The van der Waals surface area contributed by atoms with Gasteiger partial charge in [0, 0.05) is 27.4 Å². The third kappa shape index (κ3) is 5.44. The Balaban J connectivity index is 3.41. The van der Waals surface area contributed by atoms with Crippen molar-refractivity contribution in [1.29, 1.82) is 0 Å². The molecule has 1 rings (SSSR count). The van der Waals surface area contributed by atoms with Gasteiger partial charge in [0.15, 0.2) is 0 Å². The van der Waals surface area contributed by atoms with Gasteiger partial charge in [-0.2, -0.15) is 0 Å². The van der Waals surface area contributed by atoms with Crippen LogP contribution in [0.5, 0.6) is 11.5 Å². The Morgan fingerprint density at radius 1 is 0.800 bits per heavy atom. The zero-order valence-electron chi connectivity index (χ0n) is 17.2. The van der Waals surface area contributed by atoms with Gasteiger partial charge in [0.1, 0.15) is 22.7 Å². The molecule has 144 valence electrons. The second-order valence-corrected chi connectivity index (χ2v) is 10.1. The van der Waals surface area contributed by atoms with Crippen LogP contribution >= 0.6 is 0 Å². The standard InChI is InChI=1S/C19H34O5Si/c1-10-18(3,4)23-15-12-13-17(25(20-7,21-8)22-9)16(14-15)24-19(5,6)11-2/h12-14H,10-11H2,1-9H3. The van der Waals surface area contributed by atoms with E-state index in [1.807, 2.05) is 18.2 Å². The third-order valence-electron chi connectivity index (χ3n) is 4.57. The molecule has 0 aliphatic heterocycles. The van der Waals surface area contributed by atoms with Crippen LogP contribution in [0.1, 0.15) is 54.4 Å². The smallest absolute Gasteiger partial charge is 0.488 e. The van der Waals surface area contributed by atoms with Crippen molar-refractivity contribution in [2.24, 2.45) is 0 Å². The van der Waals surface area contributed by atoms with Gasteiger partial charge in [0.25, 0.3) is 0 Å². The third-order valence-corrected chi connectivity index (χ3v) is 7.26. The molecule has 0 unspecified atom stereocenters. The van der Waals surface area contributed by atoms with Gasteiger partial charge in [-0.05, 0) is 52.7 Å². The lowest BCUT2D eigenvalue weighted by Gasteiger charge is -2.32. The molecule has 25 heavy (non-hydrogen) atoms. The molecule has 0 fully saturated rings. The molecule has 0 radical (unpaired) electrons. The largest absolute Gasteiger partial charge is 0.540 e. The molecule has 1 aromatic carbocycles. The first-order valence-electron chi connectivity index (χ1n) is 8.76. The Bertz CT molecular complexity index is 544. The molecule has 1 aromatic rings. The van der Waals surface area contributed by atoms with E-state index in [-0.39, 0.29) is 11.2 Å². The van der Waals surface area contributed by atoms with Crippen LogP contribution < -0.4 is 14.7 Å². The minimum Gasteiger partial charge on any atom is -0.488 e. The maximum Gasteiger partial charge on any atom is 0.540 e. The Labute approximate surface area is 153 Å². The topological polar surface area (TPSA) is 46.2 Å². The fourth-order valence-corrected chi connectivity index (χ4v) is 4.12. The molecule has 0 saturated carbocycles. The maximum absolute atomic E-state index is 6.30. The van der Waals surface area contributed by atoms with E-state index in [9.17, 15) is 0 Å². The normalized spacial score (nSPS) is 13.0. The van der Waals surface area contributed by atoms with Crippen LogP contribution in [0.4, 0.5) is 0 Å². The van der Waals surface area contributed by atoms with Crippen LogP contribution in [0.15, 0.2) is 18.2 Å². The summed E-state index contributed by atoms with van der Waals surface area (Å²) in [7, 11) is 1.77. The first kappa shape index (κ1) is 22.0. The minimum absolute atomic E-state index is 0.253. The van der Waals surface area contributed by atoms with E-state index in [2.05, 4.69) is 41.5 Å². The summed E-state index contributed by atoms with van der Waals surface area (Å²) in [6.45, 7) is 12.4. The Kier molecular flexibility index (Phi) is 7.50. The highest BCUT2D eigenvalue weighted by Crippen LogP contribution is 2.29. The molecule has 0 aromatic heterocycles. The van der Waals surface area contributed by atoms with E-state index in [0.717, 1.165) is 23.8 Å². The Morgan fingerprint density at radius 2 is 1.28 bits per heavy atom. The Hall–Kier alpha value is -1.08. The van der Waals surface area contributed by atoms with Gasteiger partial charge in [-0.25, -0.2) is 0 Å². The summed E-state index contributed by atoms with van der Waals surface area (Å²) in [6, 6.07) is 5.74. The molecule has 0 atom stereocenters. The van der Waals surface area contributed by atoms with E-state index < -0.39 is 8.80 Å². The molecule has 0 aliphatic carbocycles. The van der Waals surface area contributed by atoms with E-state index in [0.29, 0.717) is 5.75 Å². The van der Waals surface area contributed by atoms with Gasteiger partial charge in [-0.15, -0.1) is 0 Å². The van der Waals surface area contributed by atoms with Crippen molar-refractivity contribution >= 4 is 14.0 Å². The van der Waals surface area contributed by atoms with Crippen LogP contribution in [0.25, 0.3) is 0 Å². The van der Waals surface area contributed by atoms with Crippen LogP contribution in [0, 0.1) is 0 Å². The molecule has 5 nitrogen and oxygen atoms in total. The molecule has 0 saturated heterocycles. The van der Waals surface area contributed by atoms with Crippen molar-refractivity contribution < 1.29 is 22.8 Å². The number of rotatable bonds is 10. The first-order valence-corrected chi connectivity index (χ1v) is 10.5. The zero-order chi connectivity index (χ0) is 19.3. The van der Waals surface area contributed by atoms with Gasteiger partial charge >= 0.3 is 8.80 Å². The lowest BCUT2D eigenvalue weighted by Crippen LogP contribution is -2.55. The number of ether oxygens (including phenoxy) is 2. The first-order chi connectivity index (χ1) is 11.6. The Morgan fingerprint density at radius 3 is 1.72 bits per heavy atom. The predicted octanol–water partition coefficient (Wildman–Crippen LogP) is 3.91. The number of hydrogen-bond acceptors (Lipinski definition) is 5. The summed E-state index contributed by atoms with van der Waals surface area (Å²) in [6.07, 6.45) is 1.76. The van der Waals surface area contributed by atoms with E-state index in [1.54, 1.807) is 21.3 Å². The molecule has 0 spiro atoms. The summed E-state index contributed by atoms with van der Waals surface area (Å²) >= 11 is 0. The molecule has 0 N–H and O–H groups in total. The monoisotopic (exact) mass is 370 g/mol. The van der Waals surface area contributed by atoms with E-state index in [4.69, 9.17) is 22.8 Å². The summed E-state index contributed by atoms with van der Waals surface area (Å²) in [5.41, 5.74) is -0.583. The van der Waals surface area contributed by atoms with Crippen molar-refractivity contribution in [3.63, 3.8) is 0 Å². The van der Waals surface area contributed by atoms with Crippen molar-refractivity contribution in [2.45, 2.75) is 65.6 Å². The fraction of sp³-hybridized carbons (Fsp3) is 0.684. The van der Waals surface area contributed by atoms with Crippen LogP contribution in [0.3, 0.4) is 0 Å². The molecule has 0 amide bonds. The highest BCUT2D eigenvalue weighted by atomic mass is 28.4. The second kappa shape index (κ2) is 8.53. The minimum atomic E-state index is -3.02. The average Bonchev–Trinajstić information content (AvgIpc) is 2.57. The van der Waals surface area contributed by atoms with E-state index >= 15 is 0 Å². The maximum atomic E-state index is 6.30. The zero-order valence-corrected chi connectivity index (χ0v) is 18.2. The highest BCUT2D eigenvalue weighted by molar-refractivity contribution is 6.76. The SMILES string of the molecule is CCC(C)(C)Oc1ccc([Si](OC)(OC)OC)c(OC(C)(C)CC)c1. The lowest BCUT2D eigenvalue weighted by molar-refractivity contribution is 0.0949. The summed E-state index contributed by atoms with van der Waals surface area (Å²) in [5, 5.41) is 0.795. The predicted molar refractivity (Wildman–Crippen MR) is 103 cm³/mol. The van der Waals surface area contributed by atoms with Gasteiger partial charge in [-0.3, -0.25) is 0 Å². The van der Waals surface area contributed by atoms with Crippen LogP contribution in [-0.2, 0) is 13.3 Å². The molecule has 0 heterocycles. The number of hydrogen-bond donors (Lipinski definition) is 0. The van der Waals surface area contributed by atoms with Gasteiger partial charge in [0.2, 0.25) is 0 Å². The molecule has 0 bridgehead atoms. The quantitative estimate of drug-likeness (QED) is 0.585. The summed E-state index contributed by atoms with van der Waals surface area (Å²) < 4.78 is 29.4. The van der Waals surface area contributed by atoms with Gasteiger partial charge in [-0.1, -0.05) is 13.8 Å². The van der Waals surface area contributed by atoms with Gasteiger partial charge < -0.3 is 22.8 Å². The van der Waals surface area contributed by atoms with Gasteiger partial charge in [0.05, 0.1) is 5.19 Å². The molecular formula is C19H34O5Si.